The smallest absolute Gasteiger partial charge is 0.187 e. The van der Waals surface area contributed by atoms with Crippen molar-refractivity contribution in [1.29, 1.82) is 0 Å². The molecule has 5 heteroatoms. The topological polar surface area (TPSA) is 36.4 Å². The number of hydrogen-bond donors (Lipinski definition) is 2. The summed E-state index contributed by atoms with van der Waals surface area (Å²) in [6, 6.07) is 18.1. The van der Waals surface area contributed by atoms with Crippen LogP contribution >= 0.6 is 28.1 Å². The molecule has 0 aromatic heterocycles. The summed E-state index contributed by atoms with van der Waals surface area (Å²) in [5, 5.41) is 7.81. The summed E-state index contributed by atoms with van der Waals surface area (Å²) in [5.41, 5.74) is 5.01. The number of nitrogens with one attached hydrogen (secondary N) is 2. The summed E-state index contributed by atoms with van der Waals surface area (Å²) < 4.78 is 1.04. The fourth-order valence-corrected chi connectivity index (χ4v) is 2.26. The predicted octanol–water partition coefficient (Wildman–Crippen LogP) is 4.01. The van der Waals surface area contributed by atoms with Crippen LogP contribution in [0.25, 0.3) is 0 Å². The Morgan fingerprint density at radius 2 is 1.81 bits per heavy atom. The van der Waals surface area contributed by atoms with Gasteiger partial charge >= 0.3 is 0 Å². The second kappa shape index (κ2) is 7.90. The molecule has 0 aliphatic carbocycles. The fraction of sp³-hybridized carbons (Fsp3) is 0.125. The van der Waals surface area contributed by atoms with Crippen molar-refractivity contribution in [2.24, 2.45) is 5.10 Å². The van der Waals surface area contributed by atoms with Gasteiger partial charge in [0.25, 0.3) is 0 Å². The average Bonchev–Trinajstić information content (AvgIpc) is 2.50. The first-order valence-corrected chi connectivity index (χ1v) is 7.75. The zero-order valence-electron chi connectivity index (χ0n) is 11.6. The molecule has 0 unspecified atom stereocenters. The minimum Gasteiger partial charge on any atom is -0.355 e. The number of halogens is 1. The summed E-state index contributed by atoms with van der Waals surface area (Å²) in [6.45, 7) is 2.06. The van der Waals surface area contributed by atoms with E-state index in [1.54, 1.807) is 6.21 Å². The zero-order valence-corrected chi connectivity index (χ0v) is 14.0. The minimum absolute atomic E-state index is 0.133. The molecule has 0 radical (unpaired) electrons. The molecular weight excluding hydrogens is 346 g/mol. The van der Waals surface area contributed by atoms with E-state index in [1.807, 2.05) is 42.5 Å². The first-order valence-electron chi connectivity index (χ1n) is 6.55. The van der Waals surface area contributed by atoms with Gasteiger partial charge in [0.1, 0.15) is 0 Å². The maximum atomic E-state index is 5.22. The van der Waals surface area contributed by atoms with E-state index in [0.29, 0.717) is 5.11 Å². The Balaban J connectivity index is 1.83. The third-order valence-electron chi connectivity index (χ3n) is 2.90. The maximum Gasteiger partial charge on any atom is 0.187 e. The molecule has 0 fully saturated rings. The van der Waals surface area contributed by atoms with Crippen molar-refractivity contribution in [3.05, 3.63) is 70.2 Å². The lowest BCUT2D eigenvalue weighted by Crippen LogP contribution is -2.34. The van der Waals surface area contributed by atoms with Gasteiger partial charge in [-0.15, -0.1) is 0 Å². The van der Waals surface area contributed by atoms with Gasteiger partial charge in [0.15, 0.2) is 5.11 Å². The van der Waals surface area contributed by atoms with Gasteiger partial charge < -0.3 is 5.32 Å². The lowest BCUT2D eigenvalue weighted by Gasteiger charge is -2.15. The first-order chi connectivity index (χ1) is 10.1. The van der Waals surface area contributed by atoms with Crippen LogP contribution in [0.3, 0.4) is 0 Å². The molecule has 0 saturated carbocycles. The minimum atomic E-state index is 0.133. The second-order valence-corrected chi connectivity index (χ2v) is 5.85. The average molecular weight is 362 g/mol. The molecule has 3 nitrogen and oxygen atoms in total. The molecule has 1 atom stereocenters. The van der Waals surface area contributed by atoms with Crippen LogP contribution in [0.1, 0.15) is 24.1 Å². The van der Waals surface area contributed by atoms with Crippen molar-refractivity contribution in [3.8, 4) is 0 Å². The molecule has 2 aromatic carbocycles. The van der Waals surface area contributed by atoms with Gasteiger partial charge in [0, 0.05) is 4.47 Å². The molecule has 0 bridgehead atoms. The number of hydrogen-bond acceptors (Lipinski definition) is 2. The van der Waals surface area contributed by atoms with Crippen LogP contribution in [0.5, 0.6) is 0 Å². The van der Waals surface area contributed by atoms with E-state index in [4.69, 9.17) is 12.2 Å². The van der Waals surface area contributed by atoms with Crippen molar-refractivity contribution in [3.63, 3.8) is 0 Å². The highest BCUT2D eigenvalue weighted by Gasteiger charge is 2.05. The third kappa shape index (κ3) is 5.28. The van der Waals surface area contributed by atoms with E-state index in [-0.39, 0.29) is 6.04 Å². The fourth-order valence-electron chi connectivity index (χ4n) is 1.77. The SMILES string of the molecule is C[C@@H](NC(=S)N/N=C/c1ccc(Br)cc1)c1ccccc1. The Morgan fingerprint density at radius 3 is 2.48 bits per heavy atom. The zero-order chi connectivity index (χ0) is 15.1. The van der Waals surface area contributed by atoms with Gasteiger partial charge in [-0.05, 0) is 42.4 Å². The number of rotatable bonds is 4. The van der Waals surface area contributed by atoms with E-state index in [1.165, 1.54) is 5.56 Å². The van der Waals surface area contributed by atoms with Crippen LogP contribution in [0.15, 0.2) is 64.2 Å². The number of nitrogens with zero attached hydrogens (tertiary/aromatic N) is 1. The van der Waals surface area contributed by atoms with Crippen molar-refractivity contribution in [2.75, 3.05) is 0 Å². The van der Waals surface area contributed by atoms with Crippen molar-refractivity contribution < 1.29 is 0 Å². The monoisotopic (exact) mass is 361 g/mol. The predicted molar refractivity (Wildman–Crippen MR) is 95.5 cm³/mol. The summed E-state index contributed by atoms with van der Waals surface area (Å²) in [7, 11) is 0. The molecular formula is C16H16BrN3S. The van der Waals surface area contributed by atoms with E-state index >= 15 is 0 Å². The quantitative estimate of drug-likeness (QED) is 0.490. The number of benzene rings is 2. The Bertz CT molecular complexity index is 611. The van der Waals surface area contributed by atoms with Crippen LogP contribution in [0.2, 0.25) is 0 Å². The number of hydrazone groups is 1. The van der Waals surface area contributed by atoms with Crippen molar-refractivity contribution >= 4 is 39.5 Å². The molecule has 0 aliphatic rings. The van der Waals surface area contributed by atoms with Crippen LogP contribution in [0.4, 0.5) is 0 Å². The van der Waals surface area contributed by atoms with E-state index < -0.39 is 0 Å². The van der Waals surface area contributed by atoms with Gasteiger partial charge in [-0.25, -0.2) is 0 Å². The molecule has 0 heterocycles. The highest BCUT2D eigenvalue weighted by molar-refractivity contribution is 9.10. The molecule has 2 rings (SSSR count). The van der Waals surface area contributed by atoms with Crippen LogP contribution < -0.4 is 10.7 Å². The standard InChI is InChI=1S/C16H16BrN3S/c1-12(14-5-3-2-4-6-14)19-16(21)20-18-11-13-7-9-15(17)10-8-13/h2-12H,1H3,(H2,19,20,21)/b18-11+/t12-/m1/s1. The Hall–Kier alpha value is -1.72. The molecule has 0 spiro atoms. The van der Waals surface area contributed by atoms with E-state index in [2.05, 4.69) is 50.8 Å². The first kappa shape index (κ1) is 15.7. The molecule has 0 amide bonds. The lowest BCUT2D eigenvalue weighted by molar-refractivity contribution is 0.704. The van der Waals surface area contributed by atoms with Gasteiger partial charge in [0.2, 0.25) is 0 Å². The molecule has 2 aromatic rings. The van der Waals surface area contributed by atoms with Crippen molar-refractivity contribution in [2.45, 2.75) is 13.0 Å². The molecule has 108 valence electrons. The highest BCUT2D eigenvalue weighted by atomic mass is 79.9. The van der Waals surface area contributed by atoms with Gasteiger partial charge in [-0.3, -0.25) is 5.43 Å². The summed E-state index contributed by atoms with van der Waals surface area (Å²) >= 11 is 8.62. The van der Waals surface area contributed by atoms with Crippen LogP contribution in [0, 0.1) is 0 Å². The normalized spacial score (nSPS) is 12.1. The van der Waals surface area contributed by atoms with Gasteiger partial charge in [-0.1, -0.05) is 58.4 Å². The Labute approximate surface area is 138 Å². The Morgan fingerprint density at radius 1 is 1.14 bits per heavy atom. The lowest BCUT2D eigenvalue weighted by atomic mass is 10.1. The van der Waals surface area contributed by atoms with E-state index in [0.717, 1.165) is 10.0 Å². The van der Waals surface area contributed by atoms with Gasteiger partial charge in [-0.2, -0.15) is 5.10 Å². The third-order valence-corrected chi connectivity index (χ3v) is 3.63. The second-order valence-electron chi connectivity index (χ2n) is 4.53. The van der Waals surface area contributed by atoms with E-state index in [9.17, 15) is 0 Å². The largest absolute Gasteiger partial charge is 0.355 e. The molecule has 21 heavy (non-hydrogen) atoms. The molecule has 0 aliphatic heterocycles. The number of thiocarbonyl (C=S) groups is 1. The van der Waals surface area contributed by atoms with Crippen LogP contribution in [-0.2, 0) is 0 Å². The summed E-state index contributed by atoms with van der Waals surface area (Å²) in [4.78, 5) is 0. The maximum absolute atomic E-state index is 5.22. The summed E-state index contributed by atoms with van der Waals surface area (Å²) in [5.74, 6) is 0. The van der Waals surface area contributed by atoms with Crippen molar-refractivity contribution in [1.82, 2.24) is 10.7 Å². The molecule has 0 saturated heterocycles. The molecule has 2 N–H and O–H groups in total. The summed E-state index contributed by atoms with van der Waals surface area (Å²) in [6.07, 6.45) is 1.73. The van der Waals surface area contributed by atoms with Crippen LogP contribution in [-0.4, -0.2) is 11.3 Å². The Kier molecular flexibility index (Phi) is 5.90. The van der Waals surface area contributed by atoms with Gasteiger partial charge in [0.05, 0.1) is 12.3 Å². The highest BCUT2D eigenvalue weighted by Crippen LogP contribution is 2.11.